The van der Waals surface area contributed by atoms with Crippen LogP contribution >= 0.6 is 0 Å². The number of aryl methyl sites for hydroxylation is 1. The molecule has 0 aliphatic heterocycles. The number of nitrogens with one attached hydrogen (secondary N) is 1. The van der Waals surface area contributed by atoms with E-state index >= 15 is 0 Å². The Balaban J connectivity index is 2.83. The van der Waals surface area contributed by atoms with Gasteiger partial charge < -0.3 is 4.90 Å². The zero-order valence-corrected chi connectivity index (χ0v) is 8.20. The van der Waals surface area contributed by atoms with Crippen molar-refractivity contribution in [1.29, 1.82) is 5.41 Å². The van der Waals surface area contributed by atoms with Crippen LogP contribution in [0.4, 0.5) is 0 Å². The number of rotatable bonds is 2. The highest BCUT2D eigenvalue weighted by atomic mass is 15.1. The van der Waals surface area contributed by atoms with Crippen LogP contribution in [0.15, 0.2) is 12.4 Å². The topological polar surface area (TPSA) is 52.9 Å². The van der Waals surface area contributed by atoms with E-state index in [0.717, 1.165) is 17.9 Å². The second-order valence-electron chi connectivity index (χ2n) is 2.88. The summed E-state index contributed by atoms with van der Waals surface area (Å²) < 4.78 is 0. The van der Waals surface area contributed by atoms with Crippen molar-refractivity contribution in [2.75, 3.05) is 13.6 Å². The van der Waals surface area contributed by atoms with E-state index in [1.54, 1.807) is 12.4 Å². The van der Waals surface area contributed by atoms with Gasteiger partial charge in [0.2, 0.25) is 0 Å². The largest absolute Gasteiger partial charge is 0.360 e. The van der Waals surface area contributed by atoms with Gasteiger partial charge >= 0.3 is 0 Å². The molecule has 0 fully saturated rings. The number of nitrogens with zero attached hydrogens (tertiary/aromatic N) is 3. The minimum absolute atomic E-state index is 0.461. The first-order valence-corrected chi connectivity index (χ1v) is 4.24. The maximum Gasteiger partial charge on any atom is 0.130 e. The third kappa shape index (κ3) is 2.24. The second-order valence-corrected chi connectivity index (χ2v) is 2.88. The number of aromatic nitrogens is 2. The molecule has 0 aliphatic carbocycles. The van der Waals surface area contributed by atoms with Gasteiger partial charge in [-0.25, -0.2) is 9.97 Å². The molecule has 0 spiro atoms. The van der Waals surface area contributed by atoms with E-state index in [1.165, 1.54) is 0 Å². The van der Waals surface area contributed by atoms with Crippen molar-refractivity contribution >= 4 is 5.84 Å². The highest BCUT2D eigenvalue weighted by molar-refractivity contribution is 5.95. The van der Waals surface area contributed by atoms with Gasteiger partial charge in [-0.15, -0.1) is 0 Å². The second kappa shape index (κ2) is 3.98. The maximum absolute atomic E-state index is 7.75. The molecule has 1 rings (SSSR count). The van der Waals surface area contributed by atoms with E-state index in [9.17, 15) is 0 Å². The molecule has 0 unspecified atom stereocenters. The SMILES string of the molecule is CCN(C)C(=N)c1cnc(C)nc1. The fourth-order valence-electron chi connectivity index (χ4n) is 0.893. The Kier molecular flexibility index (Phi) is 2.95. The molecule has 0 saturated carbocycles. The van der Waals surface area contributed by atoms with Crippen molar-refractivity contribution in [2.45, 2.75) is 13.8 Å². The lowest BCUT2D eigenvalue weighted by molar-refractivity contribution is 0.532. The molecule has 1 aromatic heterocycles. The average Bonchev–Trinajstić information content (AvgIpc) is 2.17. The highest BCUT2D eigenvalue weighted by Gasteiger charge is 2.05. The lowest BCUT2D eigenvalue weighted by Crippen LogP contribution is -2.26. The minimum Gasteiger partial charge on any atom is -0.360 e. The zero-order valence-electron chi connectivity index (χ0n) is 8.20. The van der Waals surface area contributed by atoms with Gasteiger partial charge in [0.1, 0.15) is 11.7 Å². The molecular weight excluding hydrogens is 164 g/mol. The normalized spacial score (nSPS) is 9.77. The summed E-state index contributed by atoms with van der Waals surface area (Å²) in [6.45, 7) is 4.65. The van der Waals surface area contributed by atoms with Crippen molar-refractivity contribution in [1.82, 2.24) is 14.9 Å². The summed E-state index contributed by atoms with van der Waals surface area (Å²) in [5.74, 6) is 1.19. The van der Waals surface area contributed by atoms with Crippen LogP contribution in [-0.2, 0) is 0 Å². The Bertz CT molecular complexity index is 291. The fraction of sp³-hybridized carbons (Fsp3) is 0.444. The summed E-state index contributed by atoms with van der Waals surface area (Å²) in [5.41, 5.74) is 0.759. The molecule has 0 aliphatic rings. The molecule has 1 aromatic rings. The van der Waals surface area contributed by atoms with Crippen molar-refractivity contribution in [2.24, 2.45) is 0 Å². The first-order valence-electron chi connectivity index (χ1n) is 4.24. The lowest BCUT2D eigenvalue weighted by atomic mass is 10.3. The maximum atomic E-state index is 7.75. The summed E-state index contributed by atoms with van der Waals surface area (Å²) in [5, 5.41) is 7.75. The number of amidine groups is 1. The van der Waals surface area contributed by atoms with E-state index in [-0.39, 0.29) is 0 Å². The van der Waals surface area contributed by atoms with Crippen LogP contribution < -0.4 is 0 Å². The molecule has 4 heteroatoms. The molecule has 4 nitrogen and oxygen atoms in total. The van der Waals surface area contributed by atoms with E-state index in [4.69, 9.17) is 5.41 Å². The molecule has 0 saturated heterocycles. The minimum atomic E-state index is 0.461. The Hall–Kier alpha value is -1.45. The molecule has 0 radical (unpaired) electrons. The first-order chi connectivity index (χ1) is 6.15. The molecule has 1 heterocycles. The van der Waals surface area contributed by atoms with E-state index in [0.29, 0.717) is 5.84 Å². The van der Waals surface area contributed by atoms with Crippen molar-refractivity contribution in [3.05, 3.63) is 23.8 Å². The van der Waals surface area contributed by atoms with Crippen molar-refractivity contribution in [3.63, 3.8) is 0 Å². The van der Waals surface area contributed by atoms with Crippen LogP contribution in [0.2, 0.25) is 0 Å². The molecule has 0 bridgehead atoms. The van der Waals surface area contributed by atoms with Gasteiger partial charge in [-0.05, 0) is 13.8 Å². The molecule has 0 amide bonds. The third-order valence-electron chi connectivity index (χ3n) is 1.91. The van der Waals surface area contributed by atoms with Crippen LogP contribution in [0.3, 0.4) is 0 Å². The number of hydrogen-bond donors (Lipinski definition) is 1. The van der Waals surface area contributed by atoms with E-state index < -0.39 is 0 Å². The summed E-state index contributed by atoms with van der Waals surface area (Å²) in [6, 6.07) is 0. The van der Waals surface area contributed by atoms with Gasteiger partial charge in [-0.3, -0.25) is 5.41 Å². The van der Waals surface area contributed by atoms with Gasteiger partial charge in [0.15, 0.2) is 0 Å². The average molecular weight is 178 g/mol. The molecule has 0 aromatic carbocycles. The predicted molar refractivity (Wildman–Crippen MR) is 51.9 cm³/mol. The summed E-state index contributed by atoms with van der Waals surface area (Å²) in [7, 11) is 1.88. The van der Waals surface area contributed by atoms with Gasteiger partial charge in [0, 0.05) is 26.0 Å². The van der Waals surface area contributed by atoms with E-state index in [1.807, 2.05) is 25.8 Å². The summed E-state index contributed by atoms with van der Waals surface area (Å²) >= 11 is 0. The van der Waals surface area contributed by atoms with Gasteiger partial charge in [-0.2, -0.15) is 0 Å². The Labute approximate surface area is 78.1 Å². The quantitative estimate of drug-likeness (QED) is 0.544. The van der Waals surface area contributed by atoms with Crippen LogP contribution in [-0.4, -0.2) is 34.3 Å². The lowest BCUT2D eigenvalue weighted by Gasteiger charge is -2.16. The van der Waals surface area contributed by atoms with Gasteiger partial charge in [0.25, 0.3) is 0 Å². The molecule has 0 atom stereocenters. The van der Waals surface area contributed by atoms with Crippen molar-refractivity contribution < 1.29 is 0 Å². The summed E-state index contributed by atoms with van der Waals surface area (Å²) in [6.07, 6.45) is 3.35. The summed E-state index contributed by atoms with van der Waals surface area (Å²) in [4.78, 5) is 9.92. The smallest absolute Gasteiger partial charge is 0.130 e. The van der Waals surface area contributed by atoms with Gasteiger partial charge in [0.05, 0.1) is 5.56 Å². The molecule has 13 heavy (non-hydrogen) atoms. The molecular formula is C9H14N4. The van der Waals surface area contributed by atoms with E-state index in [2.05, 4.69) is 9.97 Å². The monoisotopic (exact) mass is 178 g/mol. The van der Waals surface area contributed by atoms with Crippen LogP contribution in [0, 0.1) is 12.3 Å². The van der Waals surface area contributed by atoms with Crippen molar-refractivity contribution in [3.8, 4) is 0 Å². The fourth-order valence-corrected chi connectivity index (χ4v) is 0.893. The molecule has 1 N–H and O–H groups in total. The standard InChI is InChI=1S/C9H14N4/c1-4-13(3)9(10)8-5-11-7(2)12-6-8/h5-6,10H,4H2,1-3H3. The predicted octanol–water partition coefficient (Wildman–Crippen LogP) is 1.06. The van der Waals surface area contributed by atoms with Crippen LogP contribution in [0.5, 0.6) is 0 Å². The van der Waals surface area contributed by atoms with Crippen LogP contribution in [0.25, 0.3) is 0 Å². The Morgan fingerprint density at radius 3 is 2.46 bits per heavy atom. The highest BCUT2D eigenvalue weighted by Crippen LogP contribution is 1.99. The number of hydrogen-bond acceptors (Lipinski definition) is 3. The van der Waals surface area contributed by atoms with Gasteiger partial charge in [-0.1, -0.05) is 0 Å². The molecule has 70 valence electrons. The van der Waals surface area contributed by atoms with Crippen LogP contribution in [0.1, 0.15) is 18.3 Å². The Morgan fingerprint density at radius 2 is 2.00 bits per heavy atom. The first kappa shape index (κ1) is 9.64. The third-order valence-corrected chi connectivity index (χ3v) is 1.91. The zero-order chi connectivity index (χ0) is 9.84. The Morgan fingerprint density at radius 1 is 1.46 bits per heavy atom.